The number of hydrogen-bond donors (Lipinski definition) is 2. The molecule has 6 nitrogen and oxygen atoms in total. The molecule has 0 radical (unpaired) electrons. The lowest BCUT2D eigenvalue weighted by Crippen LogP contribution is -2.21. The predicted octanol–water partition coefficient (Wildman–Crippen LogP) is 3.01. The molecule has 0 heterocycles. The summed E-state index contributed by atoms with van der Waals surface area (Å²) in [6, 6.07) is 8.52. The number of ether oxygens (including phenoxy) is 2. The van der Waals surface area contributed by atoms with Gasteiger partial charge in [-0.3, -0.25) is 0 Å². The number of anilines is 2. The lowest BCUT2D eigenvalue weighted by atomic mass is 10.1. The van der Waals surface area contributed by atoms with E-state index in [4.69, 9.17) is 15.2 Å². The number of nitrogen functional groups attached to an aromatic ring is 1. The van der Waals surface area contributed by atoms with Gasteiger partial charge in [0.1, 0.15) is 15.7 Å². The third-order valence-electron chi connectivity index (χ3n) is 3.70. The maximum absolute atomic E-state index is 13.3. The minimum Gasteiger partial charge on any atom is -0.493 e. The molecule has 1 atom stereocenters. The first-order valence-corrected chi connectivity index (χ1v) is 10.1. The SMILES string of the molecule is CCOc1cc([C@@H](CS(C)(=O)=O)Nc2ccc(F)cc2N)ccc1OC. The van der Waals surface area contributed by atoms with Gasteiger partial charge in [0.2, 0.25) is 0 Å². The maximum atomic E-state index is 13.3. The highest BCUT2D eigenvalue weighted by Gasteiger charge is 2.20. The summed E-state index contributed by atoms with van der Waals surface area (Å²) in [5.41, 5.74) is 7.17. The van der Waals surface area contributed by atoms with E-state index in [9.17, 15) is 12.8 Å². The van der Waals surface area contributed by atoms with Crippen molar-refractivity contribution in [1.82, 2.24) is 0 Å². The van der Waals surface area contributed by atoms with Crippen LogP contribution < -0.4 is 20.5 Å². The normalized spacial score (nSPS) is 12.5. The van der Waals surface area contributed by atoms with E-state index < -0.39 is 21.7 Å². The Morgan fingerprint density at radius 1 is 1.19 bits per heavy atom. The van der Waals surface area contributed by atoms with Crippen molar-refractivity contribution in [1.29, 1.82) is 0 Å². The molecule has 2 aromatic rings. The quantitative estimate of drug-likeness (QED) is 0.682. The lowest BCUT2D eigenvalue weighted by molar-refractivity contribution is 0.310. The second-order valence-electron chi connectivity index (χ2n) is 5.86. The van der Waals surface area contributed by atoms with Crippen molar-refractivity contribution >= 4 is 21.2 Å². The molecule has 0 saturated heterocycles. The third kappa shape index (κ3) is 5.26. The van der Waals surface area contributed by atoms with Crippen molar-refractivity contribution in [3.05, 3.63) is 47.8 Å². The molecule has 0 saturated carbocycles. The van der Waals surface area contributed by atoms with Gasteiger partial charge in [-0.2, -0.15) is 0 Å². The zero-order valence-corrected chi connectivity index (χ0v) is 15.8. The zero-order chi connectivity index (χ0) is 19.3. The molecule has 0 fully saturated rings. The molecule has 0 aromatic heterocycles. The Balaban J connectivity index is 2.42. The van der Waals surface area contributed by atoms with Crippen LogP contribution in [0.2, 0.25) is 0 Å². The lowest BCUT2D eigenvalue weighted by Gasteiger charge is -2.22. The molecular formula is C18H23FN2O4S. The van der Waals surface area contributed by atoms with Crippen molar-refractivity contribution in [2.24, 2.45) is 0 Å². The summed E-state index contributed by atoms with van der Waals surface area (Å²) in [4.78, 5) is 0. The number of nitrogens with one attached hydrogen (secondary N) is 1. The van der Waals surface area contributed by atoms with E-state index in [2.05, 4.69) is 5.32 Å². The molecule has 0 aliphatic carbocycles. The fraction of sp³-hybridized carbons (Fsp3) is 0.333. The molecule has 0 amide bonds. The van der Waals surface area contributed by atoms with E-state index in [1.165, 1.54) is 25.3 Å². The first-order chi connectivity index (χ1) is 12.2. The molecule has 0 spiro atoms. The number of nitrogens with two attached hydrogens (primary N) is 1. The van der Waals surface area contributed by atoms with Crippen molar-refractivity contribution in [3.8, 4) is 11.5 Å². The summed E-state index contributed by atoms with van der Waals surface area (Å²) in [6.45, 7) is 2.28. The summed E-state index contributed by atoms with van der Waals surface area (Å²) in [5.74, 6) is 0.438. The molecular weight excluding hydrogens is 359 g/mol. The van der Waals surface area contributed by atoms with Crippen LogP contribution in [0.3, 0.4) is 0 Å². The zero-order valence-electron chi connectivity index (χ0n) is 15.0. The molecule has 2 rings (SSSR count). The van der Waals surface area contributed by atoms with E-state index in [1.807, 2.05) is 6.92 Å². The van der Waals surface area contributed by atoms with E-state index >= 15 is 0 Å². The number of halogens is 1. The topological polar surface area (TPSA) is 90.7 Å². The molecule has 26 heavy (non-hydrogen) atoms. The number of hydrogen-bond acceptors (Lipinski definition) is 6. The number of rotatable bonds is 8. The predicted molar refractivity (Wildman–Crippen MR) is 101 cm³/mol. The first-order valence-electron chi connectivity index (χ1n) is 8.03. The maximum Gasteiger partial charge on any atom is 0.161 e. The van der Waals surface area contributed by atoms with E-state index in [1.54, 1.807) is 18.2 Å². The van der Waals surface area contributed by atoms with Gasteiger partial charge in [-0.15, -0.1) is 0 Å². The largest absolute Gasteiger partial charge is 0.493 e. The van der Waals surface area contributed by atoms with Gasteiger partial charge in [-0.1, -0.05) is 6.07 Å². The molecule has 2 aromatic carbocycles. The Labute approximate surface area is 153 Å². The Bertz CT molecular complexity index is 871. The van der Waals surface area contributed by atoms with Gasteiger partial charge in [0.25, 0.3) is 0 Å². The van der Waals surface area contributed by atoms with Gasteiger partial charge in [-0.25, -0.2) is 12.8 Å². The average Bonchev–Trinajstić information content (AvgIpc) is 2.55. The van der Waals surface area contributed by atoms with Gasteiger partial charge in [0.05, 0.1) is 36.9 Å². The summed E-state index contributed by atoms with van der Waals surface area (Å²) < 4.78 is 47.9. The van der Waals surface area contributed by atoms with Crippen LogP contribution in [0.4, 0.5) is 15.8 Å². The molecule has 8 heteroatoms. The van der Waals surface area contributed by atoms with Crippen molar-refractivity contribution in [2.75, 3.05) is 36.8 Å². The third-order valence-corrected chi connectivity index (χ3v) is 4.64. The summed E-state index contributed by atoms with van der Waals surface area (Å²) in [7, 11) is -1.77. The van der Waals surface area contributed by atoms with Crippen LogP contribution >= 0.6 is 0 Å². The summed E-state index contributed by atoms with van der Waals surface area (Å²) >= 11 is 0. The van der Waals surface area contributed by atoms with Gasteiger partial charge in [0.15, 0.2) is 11.5 Å². The van der Waals surface area contributed by atoms with Crippen LogP contribution in [-0.2, 0) is 9.84 Å². The second kappa shape index (κ2) is 8.27. The van der Waals surface area contributed by atoms with Gasteiger partial charge in [-0.05, 0) is 42.8 Å². The molecule has 0 unspecified atom stereocenters. The number of methoxy groups -OCH3 is 1. The number of sulfone groups is 1. The minimum atomic E-state index is -3.30. The van der Waals surface area contributed by atoms with E-state index in [-0.39, 0.29) is 11.4 Å². The highest BCUT2D eigenvalue weighted by molar-refractivity contribution is 7.90. The van der Waals surface area contributed by atoms with Crippen LogP contribution in [0.25, 0.3) is 0 Å². The van der Waals surface area contributed by atoms with Crippen LogP contribution in [0.1, 0.15) is 18.5 Å². The molecule has 0 bridgehead atoms. The smallest absolute Gasteiger partial charge is 0.161 e. The minimum absolute atomic E-state index is 0.165. The van der Waals surface area contributed by atoms with Gasteiger partial charge >= 0.3 is 0 Å². The van der Waals surface area contributed by atoms with Gasteiger partial charge in [0, 0.05) is 6.26 Å². The average molecular weight is 382 g/mol. The summed E-state index contributed by atoms with van der Waals surface area (Å²) in [5, 5.41) is 3.09. The van der Waals surface area contributed by atoms with E-state index in [0.717, 1.165) is 6.26 Å². The highest BCUT2D eigenvalue weighted by atomic mass is 32.2. The fourth-order valence-electron chi connectivity index (χ4n) is 2.56. The van der Waals surface area contributed by atoms with Crippen LogP contribution in [0.5, 0.6) is 11.5 Å². The highest BCUT2D eigenvalue weighted by Crippen LogP contribution is 2.33. The Kier molecular flexibility index (Phi) is 6.31. The van der Waals surface area contributed by atoms with Crippen LogP contribution in [0, 0.1) is 5.82 Å². The van der Waals surface area contributed by atoms with Gasteiger partial charge < -0.3 is 20.5 Å². The van der Waals surface area contributed by atoms with Crippen LogP contribution in [0.15, 0.2) is 36.4 Å². The molecule has 0 aliphatic rings. The first kappa shape index (κ1) is 19.8. The monoisotopic (exact) mass is 382 g/mol. The van der Waals surface area contributed by atoms with E-state index in [0.29, 0.717) is 29.4 Å². The Morgan fingerprint density at radius 2 is 1.92 bits per heavy atom. The Morgan fingerprint density at radius 3 is 2.50 bits per heavy atom. The molecule has 0 aliphatic heterocycles. The number of benzene rings is 2. The second-order valence-corrected chi connectivity index (χ2v) is 8.05. The molecule has 142 valence electrons. The Hall–Kier alpha value is -2.48. The molecule has 3 N–H and O–H groups in total. The fourth-order valence-corrected chi connectivity index (χ4v) is 3.44. The van der Waals surface area contributed by atoms with Crippen molar-refractivity contribution < 1.29 is 22.3 Å². The van der Waals surface area contributed by atoms with Crippen molar-refractivity contribution in [2.45, 2.75) is 13.0 Å². The summed E-state index contributed by atoms with van der Waals surface area (Å²) in [6.07, 6.45) is 1.16. The van der Waals surface area contributed by atoms with Crippen molar-refractivity contribution in [3.63, 3.8) is 0 Å². The standard InChI is InChI=1S/C18H23FN2O4S/c1-4-25-18-9-12(5-8-17(18)24-2)16(11-26(3,22)23)21-15-7-6-13(19)10-14(15)20/h5-10,16,21H,4,11,20H2,1-3H3/t16-/m1/s1. The van der Waals surface area contributed by atoms with Crippen LogP contribution in [-0.4, -0.2) is 34.1 Å².